The summed E-state index contributed by atoms with van der Waals surface area (Å²) in [5.41, 5.74) is 6.88. The van der Waals surface area contributed by atoms with Crippen LogP contribution in [-0.2, 0) is 12.3 Å². The van der Waals surface area contributed by atoms with Gasteiger partial charge in [0, 0.05) is 5.75 Å². The lowest BCUT2D eigenvalue weighted by atomic mass is 10.3. The molecule has 7 heteroatoms. The van der Waals surface area contributed by atoms with Gasteiger partial charge in [0.1, 0.15) is 11.5 Å². The number of hydrogen-bond donors (Lipinski definition) is 1. The fourth-order valence-corrected chi connectivity index (χ4v) is 2.69. The summed E-state index contributed by atoms with van der Waals surface area (Å²) < 4.78 is 5.84. The molecule has 1 rings (SSSR count). The number of nitrogens with two attached hydrogens (primary N) is 1. The molecular formula is C16H23N5OS. The molecule has 23 heavy (non-hydrogen) atoms. The number of aryl methyl sites for hydroxylation is 1. The fraction of sp³-hybridized carbons (Fsp3) is 0.500. The second kappa shape index (κ2) is 9.83. The van der Waals surface area contributed by atoms with Crippen LogP contribution in [0.1, 0.15) is 17.1 Å². The van der Waals surface area contributed by atoms with E-state index >= 15 is 0 Å². The second-order valence-corrected chi connectivity index (χ2v) is 6.34. The molecule has 1 aromatic rings. The maximum atomic E-state index is 8.87. The van der Waals surface area contributed by atoms with Gasteiger partial charge in [-0.3, -0.25) is 4.99 Å². The lowest BCUT2D eigenvalue weighted by Gasteiger charge is -2.10. The Balaban J connectivity index is 2.39. The zero-order valence-corrected chi connectivity index (χ0v) is 14.7. The average Bonchev–Trinajstić information content (AvgIpc) is 2.83. The fourth-order valence-electron chi connectivity index (χ4n) is 1.86. The van der Waals surface area contributed by atoms with Gasteiger partial charge in [-0.1, -0.05) is 5.92 Å². The van der Waals surface area contributed by atoms with E-state index in [9.17, 15) is 0 Å². The largest absolute Gasteiger partial charge is 0.464 e. The summed E-state index contributed by atoms with van der Waals surface area (Å²) in [6, 6.07) is 2.08. The van der Waals surface area contributed by atoms with E-state index < -0.39 is 0 Å². The van der Waals surface area contributed by atoms with E-state index in [4.69, 9.17) is 21.8 Å². The maximum Gasteiger partial charge on any atom is 0.205 e. The lowest BCUT2D eigenvalue weighted by molar-refractivity contribution is 0.344. The molecular weight excluding hydrogens is 310 g/mol. The van der Waals surface area contributed by atoms with Gasteiger partial charge in [0.15, 0.2) is 6.19 Å². The summed E-state index contributed by atoms with van der Waals surface area (Å²) in [7, 11) is 4.03. The van der Waals surface area contributed by atoms with Crippen molar-refractivity contribution < 1.29 is 4.42 Å². The molecule has 0 radical (unpaired) electrons. The molecule has 0 saturated heterocycles. The van der Waals surface area contributed by atoms with Gasteiger partial charge >= 0.3 is 0 Å². The summed E-state index contributed by atoms with van der Waals surface area (Å²) in [5, 5.41) is 8.87. The number of nitriles is 1. The standard InChI is InChI=1S/C16H23N5OS/c1-5-7-21(12-17)16(18)19-6-8-23-11-15-13(2)9-14(22-15)10-20(3)4/h1,9H,6-8,10-11H2,2-4H3,(H2,18,19). The minimum absolute atomic E-state index is 0.138. The van der Waals surface area contributed by atoms with Gasteiger partial charge in [0.25, 0.3) is 0 Å². The summed E-state index contributed by atoms with van der Waals surface area (Å²) >= 11 is 1.72. The first-order valence-electron chi connectivity index (χ1n) is 7.19. The smallest absolute Gasteiger partial charge is 0.205 e. The Morgan fingerprint density at radius 3 is 2.87 bits per heavy atom. The first-order valence-corrected chi connectivity index (χ1v) is 8.34. The highest BCUT2D eigenvalue weighted by molar-refractivity contribution is 7.98. The zero-order valence-electron chi connectivity index (χ0n) is 13.9. The molecule has 0 atom stereocenters. The number of nitrogens with zero attached hydrogens (tertiary/aromatic N) is 4. The van der Waals surface area contributed by atoms with Crippen molar-refractivity contribution in [1.29, 1.82) is 5.26 Å². The van der Waals surface area contributed by atoms with Crippen molar-refractivity contribution in [3.05, 3.63) is 23.2 Å². The van der Waals surface area contributed by atoms with E-state index in [1.165, 1.54) is 10.5 Å². The Labute approximate surface area is 142 Å². The molecule has 2 N–H and O–H groups in total. The van der Waals surface area contributed by atoms with Gasteiger partial charge in [-0.15, -0.1) is 6.42 Å². The average molecular weight is 333 g/mol. The van der Waals surface area contributed by atoms with Crippen molar-refractivity contribution in [3.8, 4) is 18.5 Å². The van der Waals surface area contributed by atoms with Gasteiger partial charge in [-0.25, -0.2) is 4.90 Å². The second-order valence-electron chi connectivity index (χ2n) is 5.24. The number of furan rings is 1. The third kappa shape index (κ3) is 6.68. The van der Waals surface area contributed by atoms with Crippen molar-refractivity contribution >= 4 is 17.7 Å². The van der Waals surface area contributed by atoms with E-state index in [1.807, 2.05) is 20.3 Å². The van der Waals surface area contributed by atoms with Crippen LogP contribution in [0.15, 0.2) is 15.5 Å². The van der Waals surface area contributed by atoms with E-state index in [2.05, 4.69) is 28.8 Å². The number of guanidine groups is 1. The number of thioether (sulfide) groups is 1. The van der Waals surface area contributed by atoms with Crippen LogP contribution in [-0.4, -0.2) is 48.7 Å². The van der Waals surface area contributed by atoms with Crippen LogP contribution < -0.4 is 5.73 Å². The Kier molecular flexibility index (Phi) is 8.10. The molecule has 6 nitrogen and oxygen atoms in total. The van der Waals surface area contributed by atoms with Crippen molar-refractivity contribution in [3.63, 3.8) is 0 Å². The number of hydrogen-bond acceptors (Lipinski definition) is 5. The molecule has 0 aliphatic heterocycles. The molecule has 1 heterocycles. The van der Waals surface area contributed by atoms with Crippen molar-refractivity contribution in [2.75, 3.05) is 32.9 Å². The predicted octanol–water partition coefficient (Wildman–Crippen LogP) is 1.61. The molecule has 124 valence electrons. The zero-order chi connectivity index (χ0) is 17.2. The van der Waals surface area contributed by atoms with E-state index in [0.29, 0.717) is 6.54 Å². The molecule has 0 aromatic carbocycles. The Bertz CT molecular complexity index is 609. The number of aliphatic imine (C=N–C) groups is 1. The van der Waals surface area contributed by atoms with Crippen LogP contribution in [0.25, 0.3) is 0 Å². The molecule has 0 fully saturated rings. The molecule has 0 aliphatic rings. The monoisotopic (exact) mass is 333 g/mol. The van der Waals surface area contributed by atoms with Crippen molar-refractivity contribution in [2.45, 2.75) is 19.2 Å². The Morgan fingerprint density at radius 1 is 1.52 bits per heavy atom. The van der Waals surface area contributed by atoms with Crippen LogP contribution in [0.4, 0.5) is 0 Å². The summed E-state index contributed by atoms with van der Waals surface area (Å²) in [6.07, 6.45) is 7.06. The predicted molar refractivity (Wildman–Crippen MR) is 94.6 cm³/mol. The summed E-state index contributed by atoms with van der Waals surface area (Å²) in [6.45, 7) is 3.52. The first-order chi connectivity index (χ1) is 11.0. The van der Waals surface area contributed by atoms with Gasteiger partial charge in [0.2, 0.25) is 5.96 Å². The molecule has 0 spiro atoms. The molecule has 0 saturated carbocycles. The topological polar surface area (TPSA) is 81.8 Å². The normalized spacial score (nSPS) is 11.3. The van der Waals surface area contributed by atoms with Crippen molar-refractivity contribution in [2.24, 2.45) is 10.7 Å². The lowest BCUT2D eigenvalue weighted by Crippen LogP contribution is -2.34. The summed E-state index contributed by atoms with van der Waals surface area (Å²) in [4.78, 5) is 7.42. The van der Waals surface area contributed by atoms with Gasteiger partial charge in [0.05, 0.1) is 25.4 Å². The maximum absolute atomic E-state index is 8.87. The van der Waals surface area contributed by atoms with E-state index in [0.717, 1.165) is 29.6 Å². The van der Waals surface area contributed by atoms with E-state index in [1.54, 1.807) is 11.8 Å². The SMILES string of the molecule is C#CCN(C#N)C(N)=NCCSCc1oc(CN(C)C)cc1C. The Hall–Kier alpha value is -2.09. The molecule has 0 amide bonds. The highest BCUT2D eigenvalue weighted by Crippen LogP contribution is 2.20. The van der Waals surface area contributed by atoms with Gasteiger partial charge < -0.3 is 15.1 Å². The van der Waals surface area contributed by atoms with Crippen LogP contribution in [0.2, 0.25) is 0 Å². The van der Waals surface area contributed by atoms with Crippen LogP contribution >= 0.6 is 11.8 Å². The minimum atomic E-state index is 0.138. The van der Waals surface area contributed by atoms with Gasteiger partial charge in [-0.05, 0) is 32.6 Å². The number of rotatable bonds is 8. The molecule has 0 unspecified atom stereocenters. The third-order valence-electron chi connectivity index (χ3n) is 2.93. The first kappa shape index (κ1) is 19.0. The quantitative estimate of drug-likeness (QED) is 0.194. The number of terminal acetylenes is 1. The summed E-state index contributed by atoms with van der Waals surface area (Å²) in [5.74, 6) is 6.08. The van der Waals surface area contributed by atoms with Crippen LogP contribution in [0.5, 0.6) is 0 Å². The van der Waals surface area contributed by atoms with Gasteiger partial charge in [-0.2, -0.15) is 17.0 Å². The molecule has 0 bridgehead atoms. The third-order valence-corrected chi connectivity index (χ3v) is 3.87. The van der Waals surface area contributed by atoms with E-state index in [-0.39, 0.29) is 12.5 Å². The molecule has 0 aliphatic carbocycles. The van der Waals surface area contributed by atoms with Crippen LogP contribution in [0.3, 0.4) is 0 Å². The highest BCUT2D eigenvalue weighted by Gasteiger charge is 2.08. The van der Waals surface area contributed by atoms with Crippen molar-refractivity contribution in [1.82, 2.24) is 9.80 Å². The van der Waals surface area contributed by atoms with Crippen LogP contribution in [0, 0.1) is 30.7 Å². The Morgan fingerprint density at radius 2 is 2.26 bits per heavy atom. The minimum Gasteiger partial charge on any atom is -0.464 e. The molecule has 1 aromatic heterocycles. The highest BCUT2D eigenvalue weighted by atomic mass is 32.2.